The zero-order chi connectivity index (χ0) is 19.1. The van der Waals surface area contributed by atoms with E-state index in [2.05, 4.69) is 15.9 Å². The highest BCUT2D eigenvalue weighted by Crippen LogP contribution is 2.19. The number of nitro groups is 1. The average molecular weight is 423 g/mol. The zero-order valence-electron chi connectivity index (χ0n) is 13.9. The van der Waals surface area contributed by atoms with Gasteiger partial charge in [0.25, 0.3) is 5.69 Å². The van der Waals surface area contributed by atoms with Gasteiger partial charge in [-0.3, -0.25) is 10.1 Å². The van der Waals surface area contributed by atoms with Crippen LogP contribution in [0.4, 0.5) is 10.5 Å². The van der Waals surface area contributed by atoms with Gasteiger partial charge in [0, 0.05) is 23.2 Å². The van der Waals surface area contributed by atoms with Crippen LogP contribution in [-0.4, -0.2) is 39.2 Å². The summed E-state index contributed by atoms with van der Waals surface area (Å²) in [4.78, 5) is 22.7. The Hall–Kier alpha value is -2.45. The van der Waals surface area contributed by atoms with Crippen LogP contribution in [0.2, 0.25) is 0 Å². The molecule has 0 saturated heterocycles. The van der Waals surface area contributed by atoms with E-state index in [0.29, 0.717) is 12.0 Å². The molecule has 1 amide bonds. The molecule has 0 unspecified atom stereocenters. The van der Waals surface area contributed by atoms with Crippen LogP contribution in [0.3, 0.4) is 0 Å². The third kappa shape index (κ3) is 5.82. The van der Waals surface area contributed by atoms with Crippen LogP contribution in [0.25, 0.3) is 0 Å². The van der Waals surface area contributed by atoms with E-state index in [9.17, 15) is 25.1 Å². The zero-order valence-corrected chi connectivity index (χ0v) is 15.5. The van der Waals surface area contributed by atoms with Crippen molar-refractivity contribution in [3.63, 3.8) is 0 Å². The van der Waals surface area contributed by atoms with Crippen LogP contribution in [-0.2, 0) is 6.42 Å². The van der Waals surface area contributed by atoms with Gasteiger partial charge in [-0.05, 0) is 48.2 Å². The molecule has 7 nitrogen and oxygen atoms in total. The molecule has 1 atom stereocenters. The van der Waals surface area contributed by atoms with Crippen LogP contribution in [0.1, 0.15) is 23.7 Å². The molecule has 8 heteroatoms. The van der Waals surface area contributed by atoms with Gasteiger partial charge in [-0.1, -0.05) is 28.1 Å². The molecular formula is C18H19BrN2O5. The summed E-state index contributed by atoms with van der Waals surface area (Å²) in [5, 5.41) is 30.2. The Kier molecular flexibility index (Phi) is 7.11. The van der Waals surface area contributed by atoms with Gasteiger partial charge in [-0.15, -0.1) is 0 Å². The van der Waals surface area contributed by atoms with Crippen molar-refractivity contribution in [2.24, 2.45) is 0 Å². The Balaban J connectivity index is 1.91. The maximum Gasteiger partial charge on any atom is 0.407 e. The van der Waals surface area contributed by atoms with E-state index in [4.69, 9.17) is 0 Å². The SMILES string of the molecule is O=C(O)N(CCCc1ccc(Br)cc1)C[C@@H](O)c1ccc([N+](=O)[O-])cc1. The number of carbonyl (C=O) groups is 1. The van der Waals surface area contributed by atoms with E-state index in [-0.39, 0.29) is 18.8 Å². The fourth-order valence-corrected chi connectivity index (χ4v) is 2.79. The maximum atomic E-state index is 11.4. The number of amides is 1. The molecule has 2 aromatic carbocycles. The van der Waals surface area contributed by atoms with Gasteiger partial charge in [-0.25, -0.2) is 4.79 Å². The van der Waals surface area contributed by atoms with Crippen LogP contribution >= 0.6 is 15.9 Å². The largest absolute Gasteiger partial charge is 0.465 e. The van der Waals surface area contributed by atoms with E-state index in [0.717, 1.165) is 21.4 Å². The van der Waals surface area contributed by atoms with Gasteiger partial charge >= 0.3 is 6.09 Å². The first-order chi connectivity index (χ1) is 12.4. The first kappa shape index (κ1) is 19.9. The lowest BCUT2D eigenvalue weighted by atomic mass is 10.1. The molecule has 138 valence electrons. The van der Waals surface area contributed by atoms with Gasteiger partial charge in [-0.2, -0.15) is 0 Å². The smallest absolute Gasteiger partial charge is 0.407 e. The Labute approximate surface area is 159 Å². The molecule has 0 fully saturated rings. The monoisotopic (exact) mass is 422 g/mol. The second-order valence-corrected chi connectivity index (χ2v) is 6.74. The van der Waals surface area contributed by atoms with Crippen LogP contribution in [0, 0.1) is 10.1 Å². The van der Waals surface area contributed by atoms with Crippen molar-refractivity contribution in [3.8, 4) is 0 Å². The predicted molar refractivity (Wildman–Crippen MR) is 100 cm³/mol. The summed E-state index contributed by atoms with van der Waals surface area (Å²) in [7, 11) is 0. The molecule has 0 spiro atoms. The first-order valence-electron chi connectivity index (χ1n) is 8.01. The van der Waals surface area contributed by atoms with Gasteiger partial charge in [0.15, 0.2) is 0 Å². The summed E-state index contributed by atoms with van der Waals surface area (Å²) in [5.41, 5.74) is 1.47. The van der Waals surface area contributed by atoms with Gasteiger partial charge in [0.1, 0.15) is 0 Å². The van der Waals surface area contributed by atoms with Crippen molar-refractivity contribution >= 4 is 27.7 Å². The molecule has 0 saturated carbocycles. The third-order valence-corrected chi connectivity index (χ3v) is 4.49. The third-order valence-electron chi connectivity index (χ3n) is 3.96. The van der Waals surface area contributed by atoms with Crippen molar-refractivity contribution in [1.82, 2.24) is 4.90 Å². The lowest BCUT2D eigenvalue weighted by molar-refractivity contribution is -0.384. The van der Waals surface area contributed by atoms with Gasteiger partial charge in [0.05, 0.1) is 17.6 Å². The maximum absolute atomic E-state index is 11.4. The Morgan fingerprint density at radius 2 is 1.77 bits per heavy atom. The Morgan fingerprint density at radius 1 is 1.15 bits per heavy atom. The highest BCUT2D eigenvalue weighted by atomic mass is 79.9. The summed E-state index contributed by atoms with van der Waals surface area (Å²) in [6.45, 7) is 0.197. The topological polar surface area (TPSA) is 104 Å². The van der Waals surface area contributed by atoms with Crippen molar-refractivity contribution in [2.45, 2.75) is 18.9 Å². The fraction of sp³-hybridized carbons (Fsp3) is 0.278. The summed E-state index contributed by atoms with van der Waals surface area (Å²) in [6, 6.07) is 13.3. The standard InChI is InChI=1S/C18H19BrN2O5/c19-15-7-3-13(4-8-15)2-1-11-20(18(23)24)12-17(22)14-5-9-16(10-6-14)21(25)26/h3-10,17,22H,1-2,11-12H2,(H,23,24)/t17-/m1/s1. The molecule has 2 rings (SSSR count). The Morgan fingerprint density at radius 3 is 2.31 bits per heavy atom. The summed E-state index contributed by atoms with van der Waals surface area (Å²) < 4.78 is 0.986. The van der Waals surface area contributed by atoms with Crippen molar-refractivity contribution < 1.29 is 19.9 Å². The molecule has 0 radical (unpaired) electrons. The molecule has 0 aliphatic rings. The van der Waals surface area contributed by atoms with E-state index in [1.165, 1.54) is 24.3 Å². The van der Waals surface area contributed by atoms with Crippen LogP contribution in [0.15, 0.2) is 53.0 Å². The predicted octanol–water partition coefficient (Wildman–Crippen LogP) is 4.00. The van der Waals surface area contributed by atoms with Crippen LogP contribution in [0.5, 0.6) is 0 Å². The minimum Gasteiger partial charge on any atom is -0.465 e. The minimum atomic E-state index is -1.11. The van der Waals surface area contributed by atoms with E-state index in [1.54, 1.807) is 0 Å². The van der Waals surface area contributed by atoms with Crippen molar-refractivity contribution in [1.29, 1.82) is 0 Å². The number of aryl methyl sites for hydroxylation is 1. The molecule has 0 aliphatic carbocycles. The normalized spacial score (nSPS) is 11.8. The second kappa shape index (κ2) is 9.30. The summed E-state index contributed by atoms with van der Waals surface area (Å²) in [5.74, 6) is 0. The number of hydrogen-bond donors (Lipinski definition) is 2. The lowest BCUT2D eigenvalue weighted by Crippen LogP contribution is -2.34. The number of hydrogen-bond acceptors (Lipinski definition) is 4. The van der Waals surface area contributed by atoms with Crippen molar-refractivity contribution in [2.75, 3.05) is 13.1 Å². The highest BCUT2D eigenvalue weighted by Gasteiger charge is 2.18. The van der Waals surface area contributed by atoms with Crippen molar-refractivity contribution in [3.05, 3.63) is 74.2 Å². The number of nitrogens with zero attached hydrogens (tertiary/aromatic N) is 2. The van der Waals surface area contributed by atoms with E-state index < -0.39 is 17.1 Å². The van der Waals surface area contributed by atoms with Gasteiger partial charge < -0.3 is 15.1 Å². The van der Waals surface area contributed by atoms with E-state index >= 15 is 0 Å². The van der Waals surface area contributed by atoms with E-state index in [1.807, 2.05) is 24.3 Å². The average Bonchev–Trinajstić information content (AvgIpc) is 2.62. The minimum absolute atomic E-state index is 0.0782. The quantitative estimate of drug-likeness (QED) is 0.493. The molecule has 0 heterocycles. The van der Waals surface area contributed by atoms with Crippen LogP contribution < -0.4 is 0 Å². The molecule has 2 N–H and O–H groups in total. The highest BCUT2D eigenvalue weighted by molar-refractivity contribution is 9.10. The molecule has 2 aromatic rings. The molecule has 26 heavy (non-hydrogen) atoms. The summed E-state index contributed by atoms with van der Waals surface area (Å²) in [6.07, 6.45) is -0.799. The fourth-order valence-electron chi connectivity index (χ4n) is 2.52. The van der Waals surface area contributed by atoms with Gasteiger partial charge in [0.2, 0.25) is 0 Å². The summed E-state index contributed by atoms with van der Waals surface area (Å²) >= 11 is 3.37. The lowest BCUT2D eigenvalue weighted by Gasteiger charge is -2.22. The number of benzene rings is 2. The number of nitro benzene ring substituents is 1. The number of carboxylic acid groups (broad SMARTS) is 1. The number of rotatable bonds is 8. The molecule has 0 aromatic heterocycles. The number of aliphatic hydroxyl groups excluding tert-OH is 1. The second-order valence-electron chi connectivity index (χ2n) is 5.82. The Bertz CT molecular complexity index is 749. The molecule has 0 bridgehead atoms. The first-order valence-corrected chi connectivity index (χ1v) is 8.81. The number of non-ortho nitro benzene ring substituents is 1. The number of halogens is 1. The number of aliphatic hydroxyl groups is 1. The molecular weight excluding hydrogens is 404 g/mol. The molecule has 0 aliphatic heterocycles.